The van der Waals surface area contributed by atoms with Crippen LogP contribution < -0.4 is 11.0 Å². The molecule has 0 unspecified atom stereocenters. The SMILES string of the molecule is O=c1ncc(F)c(N[C@@H]2O[C@H](CO)[C@@H](O)[C@@H]2O)[nH]1. The van der Waals surface area contributed by atoms with Crippen molar-refractivity contribution in [2.24, 2.45) is 0 Å². The first kappa shape index (κ1) is 12.9. The lowest BCUT2D eigenvalue weighted by Gasteiger charge is -2.17. The molecule has 2 rings (SSSR count). The maximum absolute atomic E-state index is 13.3. The third-order valence-corrected chi connectivity index (χ3v) is 2.59. The van der Waals surface area contributed by atoms with E-state index in [4.69, 9.17) is 9.84 Å². The molecule has 0 radical (unpaired) electrons. The van der Waals surface area contributed by atoms with Crippen LogP contribution in [0.15, 0.2) is 11.0 Å². The summed E-state index contributed by atoms with van der Waals surface area (Å²) in [5.74, 6) is -1.16. The molecule has 0 bridgehead atoms. The van der Waals surface area contributed by atoms with Crippen LogP contribution in [0.5, 0.6) is 0 Å². The van der Waals surface area contributed by atoms with Crippen LogP contribution >= 0.6 is 0 Å². The zero-order chi connectivity index (χ0) is 13.3. The van der Waals surface area contributed by atoms with E-state index < -0.39 is 42.7 Å². The van der Waals surface area contributed by atoms with E-state index in [1.165, 1.54) is 0 Å². The highest BCUT2D eigenvalue weighted by Crippen LogP contribution is 2.22. The molecule has 9 heteroatoms. The molecule has 1 aliphatic heterocycles. The minimum atomic E-state index is -1.36. The van der Waals surface area contributed by atoms with Crippen molar-refractivity contribution >= 4 is 5.82 Å². The number of H-pyrrole nitrogens is 1. The molecule has 0 aromatic carbocycles. The van der Waals surface area contributed by atoms with Crippen LogP contribution in [0, 0.1) is 5.82 Å². The molecule has 0 aliphatic carbocycles. The van der Waals surface area contributed by atoms with Gasteiger partial charge in [0.15, 0.2) is 12.0 Å². The van der Waals surface area contributed by atoms with E-state index in [1.807, 2.05) is 0 Å². The predicted molar refractivity (Wildman–Crippen MR) is 56.2 cm³/mol. The van der Waals surface area contributed by atoms with Crippen LogP contribution in [0.25, 0.3) is 0 Å². The number of hydrogen-bond acceptors (Lipinski definition) is 7. The molecular weight excluding hydrogens is 249 g/mol. The number of rotatable bonds is 3. The molecule has 0 spiro atoms. The molecule has 1 aromatic heterocycles. The van der Waals surface area contributed by atoms with Gasteiger partial charge in [0.05, 0.1) is 12.8 Å². The Morgan fingerprint density at radius 1 is 1.50 bits per heavy atom. The quantitative estimate of drug-likeness (QED) is 0.416. The fourth-order valence-electron chi connectivity index (χ4n) is 1.64. The molecular formula is C9H12FN3O5. The molecule has 0 saturated carbocycles. The molecule has 100 valence electrons. The second-order valence-corrected chi connectivity index (χ2v) is 3.81. The molecule has 0 amide bonds. The molecule has 1 fully saturated rings. The molecule has 8 nitrogen and oxygen atoms in total. The third-order valence-electron chi connectivity index (χ3n) is 2.59. The Morgan fingerprint density at radius 3 is 2.83 bits per heavy atom. The summed E-state index contributed by atoms with van der Waals surface area (Å²) in [7, 11) is 0. The van der Waals surface area contributed by atoms with Gasteiger partial charge in [-0.2, -0.15) is 4.98 Å². The molecule has 1 aliphatic rings. The molecule has 1 saturated heterocycles. The molecule has 4 atom stereocenters. The van der Waals surface area contributed by atoms with Gasteiger partial charge in [-0.1, -0.05) is 0 Å². The summed E-state index contributed by atoms with van der Waals surface area (Å²) >= 11 is 0. The first-order chi connectivity index (χ1) is 8.52. The van der Waals surface area contributed by atoms with Crippen molar-refractivity contribution < 1.29 is 24.4 Å². The highest BCUT2D eigenvalue weighted by atomic mass is 19.1. The van der Waals surface area contributed by atoms with Gasteiger partial charge in [0, 0.05) is 0 Å². The summed E-state index contributed by atoms with van der Waals surface area (Å²) < 4.78 is 18.3. The molecule has 1 aromatic rings. The Kier molecular flexibility index (Phi) is 3.57. The summed E-state index contributed by atoms with van der Waals surface area (Å²) in [4.78, 5) is 16.2. The number of anilines is 1. The van der Waals surface area contributed by atoms with Crippen molar-refractivity contribution in [1.82, 2.24) is 9.97 Å². The fraction of sp³-hybridized carbons (Fsp3) is 0.556. The second-order valence-electron chi connectivity index (χ2n) is 3.81. The number of aromatic nitrogens is 2. The predicted octanol–water partition coefficient (Wildman–Crippen LogP) is -2.24. The van der Waals surface area contributed by atoms with E-state index in [0.29, 0.717) is 6.20 Å². The van der Waals surface area contributed by atoms with Gasteiger partial charge >= 0.3 is 5.69 Å². The minimum Gasteiger partial charge on any atom is -0.394 e. The summed E-state index contributed by atoms with van der Waals surface area (Å²) in [6.45, 7) is -0.494. The van der Waals surface area contributed by atoms with Crippen LogP contribution in [-0.2, 0) is 4.74 Å². The largest absolute Gasteiger partial charge is 0.394 e. The second kappa shape index (κ2) is 4.98. The van der Waals surface area contributed by atoms with Crippen LogP contribution in [0.3, 0.4) is 0 Å². The van der Waals surface area contributed by atoms with E-state index in [9.17, 15) is 19.4 Å². The number of aliphatic hydroxyl groups is 3. The summed E-state index contributed by atoms with van der Waals surface area (Å²) in [5, 5.41) is 30.3. The topological polar surface area (TPSA) is 128 Å². The summed E-state index contributed by atoms with van der Waals surface area (Å²) in [5.41, 5.74) is -0.773. The number of aromatic amines is 1. The van der Waals surface area contributed by atoms with Gasteiger partial charge in [0.2, 0.25) is 0 Å². The number of hydrogen-bond donors (Lipinski definition) is 5. The highest BCUT2D eigenvalue weighted by Gasteiger charge is 2.42. The maximum Gasteiger partial charge on any atom is 0.346 e. The lowest BCUT2D eigenvalue weighted by molar-refractivity contribution is -0.0154. The average molecular weight is 261 g/mol. The first-order valence-corrected chi connectivity index (χ1v) is 5.16. The standard InChI is InChI=1S/C9H12FN3O5/c10-3-1-11-9(17)13-7(3)12-8-6(16)5(15)4(2-14)18-8/h1,4-6,8,14-16H,2H2,(H2,11,12,13,17)/t4-,5-,6+,8-/m1/s1. The van der Waals surface area contributed by atoms with Crippen molar-refractivity contribution in [1.29, 1.82) is 0 Å². The van der Waals surface area contributed by atoms with E-state index in [2.05, 4.69) is 15.3 Å². The van der Waals surface area contributed by atoms with E-state index in [1.54, 1.807) is 0 Å². The monoisotopic (exact) mass is 261 g/mol. The fourth-order valence-corrected chi connectivity index (χ4v) is 1.64. The van der Waals surface area contributed by atoms with Crippen LogP contribution in [0.4, 0.5) is 10.2 Å². The highest BCUT2D eigenvalue weighted by molar-refractivity contribution is 5.35. The van der Waals surface area contributed by atoms with Gasteiger partial charge in [0.25, 0.3) is 0 Å². The van der Waals surface area contributed by atoms with Crippen molar-refractivity contribution in [2.45, 2.75) is 24.5 Å². The van der Waals surface area contributed by atoms with Crippen molar-refractivity contribution in [3.8, 4) is 0 Å². The smallest absolute Gasteiger partial charge is 0.346 e. The summed E-state index contributed by atoms with van der Waals surface area (Å²) in [6, 6.07) is 0. The van der Waals surface area contributed by atoms with Crippen LogP contribution in [-0.4, -0.2) is 56.4 Å². The Bertz CT molecular complexity index is 482. The number of nitrogens with zero attached hydrogens (tertiary/aromatic N) is 1. The van der Waals surface area contributed by atoms with Crippen LogP contribution in [0.1, 0.15) is 0 Å². The van der Waals surface area contributed by atoms with Gasteiger partial charge in [-0.3, -0.25) is 4.98 Å². The lowest BCUT2D eigenvalue weighted by Crippen LogP contribution is -2.37. The third kappa shape index (κ3) is 2.34. The zero-order valence-electron chi connectivity index (χ0n) is 9.08. The van der Waals surface area contributed by atoms with E-state index >= 15 is 0 Å². The lowest BCUT2D eigenvalue weighted by atomic mass is 10.1. The molecule has 18 heavy (non-hydrogen) atoms. The summed E-state index contributed by atoms with van der Waals surface area (Å²) in [6.07, 6.45) is -4.08. The van der Waals surface area contributed by atoms with E-state index in [0.717, 1.165) is 0 Å². The van der Waals surface area contributed by atoms with Crippen LogP contribution in [0.2, 0.25) is 0 Å². The average Bonchev–Trinajstić information content (AvgIpc) is 2.62. The maximum atomic E-state index is 13.3. The van der Waals surface area contributed by atoms with Crippen molar-refractivity contribution in [2.75, 3.05) is 11.9 Å². The Labute approximate surface area is 100 Å². The van der Waals surface area contributed by atoms with Gasteiger partial charge in [-0.15, -0.1) is 0 Å². The Hall–Kier alpha value is -1.55. The first-order valence-electron chi connectivity index (χ1n) is 5.16. The molecule has 2 heterocycles. The normalized spacial score (nSPS) is 31.6. The number of aliphatic hydroxyl groups excluding tert-OH is 3. The van der Waals surface area contributed by atoms with Crippen molar-refractivity contribution in [3.63, 3.8) is 0 Å². The van der Waals surface area contributed by atoms with Gasteiger partial charge in [-0.05, 0) is 0 Å². The van der Waals surface area contributed by atoms with Gasteiger partial charge in [0.1, 0.15) is 24.1 Å². The van der Waals surface area contributed by atoms with Gasteiger partial charge in [-0.25, -0.2) is 9.18 Å². The van der Waals surface area contributed by atoms with Crippen molar-refractivity contribution in [3.05, 3.63) is 22.5 Å². The minimum absolute atomic E-state index is 0.315. The van der Waals surface area contributed by atoms with E-state index in [-0.39, 0.29) is 5.82 Å². The van der Waals surface area contributed by atoms with Gasteiger partial charge < -0.3 is 25.4 Å². The Morgan fingerprint density at radius 2 is 2.22 bits per heavy atom. The number of nitrogens with one attached hydrogen (secondary N) is 2. The number of halogens is 1. The Balaban J connectivity index is 2.15. The number of ether oxygens (including phenoxy) is 1. The molecule has 5 N–H and O–H groups in total. The zero-order valence-corrected chi connectivity index (χ0v) is 9.08.